The molecule has 2 heterocycles. The van der Waals surface area contributed by atoms with Crippen molar-refractivity contribution in [3.8, 4) is 0 Å². The van der Waals surface area contributed by atoms with Crippen molar-refractivity contribution in [1.29, 1.82) is 0 Å². The van der Waals surface area contributed by atoms with Gasteiger partial charge in [-0.15, -0.1) is 0 Å². The largest absolute Gasteiger partial charge is 0.468 e. The zero-order chi connectivity index (χ0) is 17.2. The molecule has 1 atom stereocenters. The highest BCUT2D eigenvalue weighted by Crippen LogP contribution is 2.20. The lowest BCUT2D eigenvalue weighted by Gasteiger charge is -2.28. The highest BCUT2D eigenvalue weighted by atomic mass is 32.1. The Bertz CT molecular complexity index is 576. The van der Waals surface area contributed by atoms with E-state index in [4.69, 9.17) is 4.42 Å². The molecule has 1 unspecified atom stereocenters. The molecule has 2 aromatic rings. The Balaban J connectivity index is 2.02. The van der Waals surface area contributed by atoms with E-state index >= 15 is 0 Å². The molecule has 132 valence electrons. The first-order chi connectivity index (χ1) is 11.8. The second-order valence-corrected chi connectivity index (χ2v) is 6.24. The van der Waals surface area contributed by atoms with Crippen molar-refractivity contribution < 1.29 is 4.42 Å². The van der Waals surface area contributed by atoms with Gasteiger partial charge in [0.05, 0.1) is 18.8 Å². The Labute approximate surface area is 148 Å². The summed E-state index contributed by atoms with van der Waals surface area (Å²) in [6, 6.07) is 6.29. The molecule has 24 heavy (non-hydrogen) atoms. The maximum Gasteiger partial charge on any atom is 0.191 e. The van der Waals surface area contributed by atoms with Gasteiger partial charge in [-0.05, 0) is 54.5 Å². The molecule has 2 aromatic heterocycles. The zero-order valence-corrected chi connectivity index (χ0v) is 15.6. The maximum atomic E-state index is 5.65. The van der Waals surface area contributed by atoms with Gasteiger partial charge in [-0.2, -0.15) is 11.3 Å². The first-order valence-corrected chi connectivity index (χ1v) is 9.53. The van der Waals surface area contributed by atoms with E-state index in [1.807, 2.05) is 12.1 Å². The summed E-state index contributed by atoms with van der Waals surface area (Å²) >= 11 is 1.70. The van der Waals surface area contributed by atoms with E-state index in [-0.39, 0.29) is 6.04 Å². The second-order valence-electron chi connectivity index (χ2n) is 5.46. The van der Waals surface area contributed by atoms with Crippen LogP contribution in [0, 0.1) is 0 Å². The average Bonchev–Trinajstić information content (AvgIpc) is 3.29. The normalized spacial score (nSPS) is 13.2. The van der Waals surface area contributed by atoms with Gasteiger partial charge in [0.25, 0.3) is 0 Å². The summed E-state index contributed by atoms with van der Waals surface area (Å²) in [5.41, 5.74) is 1.24. The van der Waals surface area contributed by atoms with Gasteiger partial charge < -0.3 is 15.1 Å². The monoisotopic (exact) mass is 348 g/mol. The van der Waals surface area contributed by atoms with Crippen LogP contribution in [0.3, 0.4) is 0 Å². The van der Waals surface area contributed by atoms with Crippen LogP contribution in [0.5, 0.6) is 0 Å². The van der Waals surface area contributed by atoms with Crippen LogP contribution in [0.4, 0.5) is 0 Å². The molecule has 0 aliphatic heterocycles. The summed E-state index contributed by atoms with van der Waals surface area (Å²) in [5.74, 6) is 1.83. The molecular formula is C18H28N4OS. The first kappa shape index (κ1) is 18.5. The number of guanidine groups is 1. The van der Waals surface area contributed by atoms with Crippen LogP contribution in [0.15, 0.2) is 44.6 Å². The number of hydrogen-bond acceptors (Lipinski definition) is 4. The third-order valence-corrected chi connectivity index (χ3v) is 4.66. The Kier molecular flexibility index (Phi) is 7.85. The predicted octanol–water partition coefficient (Wildman–Crippen LogP) is 3.48. The predicted molar refractivity (Wildman–Crippen MR) is 102 cm³/mol. The lowest BCUT2D eigenvalue weighted by atomic mass is 10.2. The molecule has 0 spiro atoms. The molecule has 6 heteroatoms. The number of hydrogen-bond donors (Lipinski definition) is 2. The smallest absolute Gasteiger partial charge is 0.191 e. The van der Waals surface area contributed by atoms with Crippen molar-refractivity contribution in [2.45, 2.75) is 33.4 Å². The lowest BCUT2D eigenvalue weighted by Crippen LogP contribution is -2.43. The summed E-state index contributed by atoms with van der Waals surface area (Å²) in [5, 5.41) is 11.0. The number of nitrogens with one attached hydrogen (secondary N) is 2. The van der Waals surface area contributed by atoms with Gasteiger partial charge in [0.15, 0.2) is 5.96 Å². The summed E-state index contributed by atoms with van der Waals surface area (Å²) in [6.45, 7) is 10.7. The van der Waals surface area contributed by atoms with Crippen molar-refractivity contribution in [1.82, 2.24) is 15.5 Å². The Morgan fingerprint density at radius 3 is 2.67 bits per heavy atom. The quantitative estimate of drug-likeness (QED) is 0.538. The number of rotatable bonds is 9. The first-order valence-electron chi connectivity index (χ1n) is 8.59. The fraction of sp³-hybridized carbons (Fsp3) is 0.500. The van der Waals surface area contributed by atoms with Crippen molar-refractivity contribution >= 4 is 17.3 Å². The van der Waals surface area contributed by atoms with E-state index in [0.717, 1.165) is 37.9 Å². The van der Waals surface area contributed by atoms with Crippen molar-refractivity contribution in [3.05, 3.63) is 46.5 Å². The fourth-order valence-electron chi connectivity index (χ4n) is 2.64. The molecule has 0 saturated carbocycles. The summed E-state index contributed by atoms with van der Waals surface area (Å²) in [7, 11) is 0. The Morgan fingerprint density at radius 1 is 1.25 bits per heavy atom. The topological polar surface area (TPSA) is 52.8 Å². The van der Waals surface area contributed by atoms with Crippen LogP contribution in [0.1, 0.15) is 38.1 Å². The van der Waals surface area contributed by atoms with Crippen LogP contribution in [-0.2, 0) is 6.54 Å². The highest BCUT2D eigenvalue weighted by Gasteiger charge is 2.20. The molecule has 0 aliphatic carbocycles. The highest BCUT2D eigenvalue weighted by molar-refractivity contribution is 7.07. The third-order valence-electron chi connectivity index (χ3n) is 3.93. The van der Waals surface area contributed by atoms with Gasteiger partial charge in [-0.3, -0.25) is 4.90 Å². The lowest BCUT2D eigenvalue weighted by molar-refractivity contribution is 0.193. The van der Waals surface area contributed by atoms with Gasteiger partial charge >= 0.3 is 0 Å². The van der Waals surface area contributed by atoms with E-state index in [2.05, 4.69) is 58.1 Å². The van der Waals surface area contributed by atoms with E-state index < -0.39 is 0 Å². The second kappa shape index (κ2) is 10.2. The molecule has 2 rings (SSSR count). The molecule has 2 N–H and O–H groups in total. The van der Waals surface area contributed by atoms with Crippen LogP contribution in [0.25, 0.3) is 0 Å². The zero-order valence-electron chi connectivity index (χ0n) is 14.8. The van der Waals surface area contributed by atoms with Gasteiger partial charge in [-0.25, -0.2) is 4.99 Å². The third kappa shape index (κ3) is 5.39. The van der Waals surface area contributed by atoms with Crippen LogP contribution >= 0.6 is 11.3 Å². The summed E-state index contributed by atoms with van der Waals surface area (Å²) < 4.78 is 5.65. The van der Waals surface area contributed by atoms with E-state index in [9.17, 15) is 0 Å². The van der Waals surface area contributed by atoms with Gasteiger partial charge in [0.2, 0.25) is 0 Å². The minimum atomic E-state index is 0.194. The van der Waals surface area contributed by atoms with E-state index in [1.54, 1.807) is 17.6 Å². The summed E-state index contributed by atoms with van der Waals surface area (Å²) in [4.78, 5) is 7.06. The molecule has 0 aromatic carbocycles. The van der Waals surface area contributed by atoms with Crippen molar-refractivity contribution in [2.24, 2.45) is 4.99 Å². The van der Waals surface area contributed by atoms with Crippen LogP contribution in [-0.4, -0.2) is 37.0 Å². The Morgan fingerprint density at radius 2 is 2.08 bits per heavy atom. The molecule has 0 radical (unpaired) electrons. The molecule has 0 bridgehead atoms. The number of likely N-dealkylation sites (N-methyl/N-ethyl adjacent to an activating group) is 1. The minimum absolute atomic E-state index is 0.194. The van der Waals surface area contributed by atoms with Crippen molar-refractivity contribution in [2.75, 3.05) is 26.2 Å². The van der Waals surface area contributed by atoms with Gasteiger partial charge in [0.1, 0.15) is 5.76 Å². The SMILES string of the molecule is CCNC(=NCc1ccsc1)NCC(c1ccco1)N(CC)CC. The molecule has 0 saturated heterocycles. The molecular weight excluding hydrogens is 320 g/mol. The minimum Gasteiger partial charge on any atom is -0.468 e. The van der Waals surface area contributed by atoms with Gasteiger partial charge in [0, 0.05) is 13.1 Å². The average molecular weight is 349 g/mol. The molecule has 0 fully saturated rings. The van der Waals surface area contributed by atoms with Crippen LogP contribution < -0.4 is 10.6 Å². The number of aliphatic imine (C=N–C) groups is 1. The van der Waals surface area contributed by atoms with Gasteiger partial charge in [-0.1, -0.05) is 13.8 Å². The number of thiophene rings is 1. The van der Waals surface area contributed by atoms with E-state index in [1.165, 1.54) is 5.56 Å². The molecule has 0 amide bonds. The molecule has 0 aliphatic rings. The van der Waals surface area contributed by atoms with Crippen molar-refractivity contribution in [3.63, 3.8) is 0 Å². The Hall–Kier alpha value is -1.79. The fourth-order valence-corrected chi connectivity index (χ4v) is 3.30. The summed E-state index contributed by atoms with van der Waals surface area (Å²) in [6.07, 6.45) is 1.74. The van der Waals surface area contributed by atoms with Crippen LogP contribution in [0.2, 0.25) is 0 Å². The molecule has 5 nitrogen and oxygen atoms in total. The maximum absolute atomic E-state index is 5.65. The van der Waals surface area contributed by atoms with E-state index in [0.29, 0.717) is 6.54 Å². The number of nitrogens with zero attached hydrogens (tertiary/aromatic N) is 2. The standard InChI is InChI=1S/C18H28N4OS/c1-4-19-18(20-12-15-9-11-24-14-15)21-13-16(22(5-2)6-3)17-8-7-10-23-17/h7-11,14,16H,4-6,12-13H2,1-3H3,(H2,19,20,21). The number of furan rings is 1.